The van der Waals surface area contributed by atoms with E-state index in [0.717, 1.165) is 21.9 Å². The van der Waals surface area contributed by atoms with E-state index in [0.29, 0.717) is 37.7 Å². The van der Waals surface area contributed by atoms with E-state index < -0.39 is 0 Å². The second kappa shape index (κ2) is 10.2. The summed E-state index contributed by atoms with van der Waals surface area (Å²) in [6.45, 7) is 5.52. The van der Waals surface area contributed by atoms with Crippen LogP contribution in [0.15, 0.2) is 47.4 Å². The first-order valence-corrected chi connectivity index (χ1v) is 10.8. The van der Waals surface area contributed by atoms with E-state index in [1.165, 1.54) is 11.8 Å². The number of hydrogen-bond acceptors (Lipinski definition) is 5. The highest BCUT2D eigenvalue weighted by Crippen LogP contribution is 2.34. The largest absolute Gasteiger partial charge is 0.490 e. The molecule has 2 amide bonds. The molecule has 0 atom stereocenters. The Kier molecular flexibility index (Phi) is 7.41. The standard InChI is InChI=1S/C22H26N2O4S/c1-3-27-18-10-9-16(13-19(18)28-4-2)11-12-23-21(25)14-24-17-7-5-6-8-20(17)29-15-22(24)26/h5-10,13H,3-4,11-12,14-15H2,1-2H3,(H,23,25). The SMILES string of the molecule is CCOc1ccc(CCNC(=O)CN2C(=O)CSc3ccccc32)cc1OCC. The highest BCUT2D eigenvalue weighted by molar-refractivity contribution is 8.00. The van der Waals surface area contributed by atoms with Gasteiger partial charge >= 0.3 is 0 Å². The first-order valence-electron chi connectivity index (χ1n) is 9.79. The van der Waals surface area contributed by atoms with Gasteiger partial charge in [-0.05, 0) is 50.1 Å². The highest BCUT2D eigenvalue weighted by atomic mass is 32.2. The number of amides is 2. The normalized spacial score (nSPS) is 13.0. The van der Waals surface area contributed by atoms with E-state index >= 15 is 0 Å². The van der Waals surface area contributed by atoms with Crippen LogP contribution in [0.2, 0.25) is 0 Å². The minimum absolute atomic E-state index is 0.0316. The topological polar surface area (TPSA) is 67.9 Å². The smallest absolute Gasteiger partial charge is 0.240 e. The Balaban J connectivity index is 1.55. The molecule has 0 bridgehead atoms. The van der Waals surface area contributed by atoms with Crippen LogP contribution in [-0.4, -0.2) is 43.9 Å². The van der Waals surface area contributed by atoms with Crippen molar-refractivity contribution in [3.63, 3.8) is 0 Å². The summed E-state index contributed by atoms with van der Waals surface area (Å²) in [5, 5.41) is 2.91. The molecule has 0 aromatic heterocycles. The molecule has 0 unspecified atom stereocenters. The zero-order valence-corrected chi connectivity index (χ0v) is 17.6. The molecule has 0 fully saturated rings. The van der Waals surface area contributed by atoms with Crippen molar-refractivity contribution in [1.29, 1.82) is 0 Å². The van der Waals surface area contributed by atoms with E-state index in [-0.39, 0.29) is 18.4 Å². The number of carbonyl (C=O) groups is 2. The van der Waals surface area contributed by atoms with Gasteiger partial charge in [-0.3, -0.25) is 9.59 Å². The molecule has 2 aromatic carbocycles. The summed E-state index contributed by atoms with van der Waals surface area (Å²) in [7, 11) is 0. The summed E-state index contributed by atoms with van der Waals surface area (Å²) >= 11 is 1.51. The van der Waals surface area contributed by atoms with Gasteiger partial charge in [0.05, 0.1) is 24.7 Å². The average molecular weight is 415 g/mol. The summed E-state index contributed by atoms with van der Waals surface area (Å²) in [5.41, 5.74) is 1.85. The molecule has 1 aliphatic rings. The first kappa shape index (κ1) is 21.0. The van der Waals surface area contributed by atoms with Crippen molar-refractivity contribution >= 4 is 29.3 Å². The fraction of sp³-hybridized carbons (Fsp3) is 0.364. The lowest BCUT2D eigenvalue weighted by Gasteiger charge is -2.28. The zero-order valence-electron chi connectivity index (χ0n) is 16.8. The number of fused-ring (bicyclic) bond motifs is 1. The maximum atomic E-state index is 12.4. The van der Waals surface area contributed by atoms with Gasteiger partial charge in [-0.25, -0.2) is 0 Å². The van der Waals surface area contributed by atoms with Crippen molar-refractivity contribution in [2.75, 3.05) is 37.0 Å². The third-order valence-electron chi connectivity index (χ3n) is 4.45. The minimum Gasteiger partial charge on any atom is -0.490 e. The Labute approximate surface area is 175 Å². The number of nitrogens with one attached hydrogen (secondary N) is 1. The summed E-state index contributed by atoms with van der Waals surface area (Å²) in [4.78, 5) is 27.3. The van der Waals surface area contributed by atoms with Crippen LogP contribution in [0.3, 0.4) is 0 Å². The summed E-state index contributed by atoms with van der Waals surface area (Å²) < 4.78 is 11.2. The molecule has 2 aromatic rings. The van der Waals surface area contributed by atoms with E-state index in [1.807, 2.05) is 56.3 Å². The first-order chi connectivity index (χ1) is 14.1. The van der Waals surface area contributed by atoms with E-state index in [1.54, 1.807) is 4.90 Å². The van der Waals surface area contributed by atoms with Gasteiger partial charge in [0, 0.05) is 11.4 Å². The fourth-order valence-electron chi connectivity index (χ4n) is 3.12. The molecule has 7 heteroatoms. The molecule has 3 rings (SSSR count). The molecular weight excluding hydrogens is 388 g/mol. The molecule has 1 heterocycles. The lowest BCUT2D eigenvalue weighted by molar-refractivity contribution is -0.122. The quantitative estimate of drug-likeness (QED) is 0.682. The lowest BCUT2D eigenvalue weighted by atomic mass is 10.1. The van der Waals surface area contributed by atoms with Crippen LogP contribution in [0.25, 0.3) is 0 Å². The second-order valence-electron chi connectivity index (χ2n) is 6.48. The van der Waals surface area contributed by atoms with Gasteiger partial charge < -0.3 is 19.7 Å². The van der Waals surface area contributed by atoms with E-state index in [4.69, 9.17) is 9.47 Å². The summed E-state index contributed by atoms with van der Waals surface area (Å²) in [6.07, 6.45) is 0.665. The highest BCUT2D eigenvalue weighted by Gasteiger charge is 2.26. The molecule has 0 aliphatic carbocycles. The molecule has 154 valence electrons. The number of thioether (sulfide) groups is 1. The van der Waals surface area contributed by atoms with Gasteiger partial charge in [0.1, 0.15) is 6.54 Å². The fourth-order valence-corrected chi connectivity index (χ4v) is 4.06. The summed E-state index contributed by atoms with van der Waals surface area (Å²) in [6, 6.07) is 13.5. The van der Waals surface area contributed by atoms with Crippen molar-refractivity contribution in [3.8, 4) is 11.5 Å². The lowest BCUT2D eigenvalue weighted by Crippen LogP contribution is -2.43. The third-order valence-corrected chi connectivity index (χ3v) is 5.50. The maximum Gasteiger partial charge on any atom is 0.240 e. The minimum atomic E-state index is -0.170. The Bertz CT molecular complexity index is 872. The number of carbonyl (C=O) groups excluding carboxylic acids is 2. The molecule has 0 saturated carbocycles. The zero-order chi connectivity index (χ0) is 20.6. The molecule has 29 heavy (non-hydrogen) atoms. The van der Waals surface area contributed by atoms with Crippen molar-refractivity contribution in [2.24, 2.45) is 0 Å². The van der Waals surface area contributed by atoms with Crippen LogP contribution >= 0.6 is 11.8 Å². The molecule has 1 aliphatic heterocycles. The number of anilines is 1. The van der Waals surface area contributed by atoms with E-state index in [9.17, 15) is 9.59 Å². The third kappa shape index (κ3) is 5.44. The van der Waals surface area contributed by atoms with Crippen LogP contribution in [0.4, 0.5) is 5.69 Å². The van der Waals surface area contributed by atoms with Gasteiger partial charge in [0.15, 0.2) is 11.5 Å². The Morgan fingerprint density at radius 2 is 1.86 bits per heavy atom. The van der Waals surface area contributed by atoms with E-state index in [2.05, 4.69) is 5.32 Å². The van der Waals surface area contributed by atoms with Crippen molar-refractivity contribution < 1.29 is 19.1 Å². The molecule has 6 nitrogen and oxygen atoms in total. The number of hydrogen-bond donors (Lipinski definition) is 1. The van der Waals surface area contributed by atoms with Crippen LogP contribution in [-0.2, 0) is 16.0 Å². The molecular formula is C22H26N2O4S. The van der Waals surface area contributed by atoms with Crippen LogP contribution in [0, 0.1) is 0 Å². The average Bonchev–Trinajstić information content (AvgIpc) is 2.72. The Morgan fingerprint density at radius 1 is 1.10 bits per heavy atom. The Hall–Kier alpha value is -2.67. The molecule has 1 N–H and O–H groups in total. The predicted octanol–water partition coefficient (Wildman–Crippen LogP) is 3.28. The number of nitrogens with zero attached hydrogens (tertiary/aromatic N) is 1. The van der Waals surface area contributed by atoms with Gasteiger partial charge in [-0.2, -0.15) is 0 Å². The van der Waals surface area contributed by atoms with Gasteiger partial charge in [0.25, 0.3) is 0 Å². The predicted molar refractivity (Wildman–Crippen MR) is 115 cm³/mol. The van der Waals surface area contributed by atoms with Crippen LogP contribution in [0.1, 0.15) is 19.4 Å². The molecule has 0 saturated heterocycles. The van der Waals surface area contributed by atoms with Gasteiger partial charge in [-0.1, -0.05) is 18.2 Å². The number of para-hydroxylation sites is 1. The number of rotatable bonds is 9. The summed E-state index contributed by atoms with van der Waals surface area (Å²) in [5.74, 6) is 1.58. The van der Waals surface area contributed by atoms with Crippen LogP contribution < -0.4 is 19.7 Å². The van der Waals surface area contributed by atoms with Crippen LogP contribution in [0.5, 0.6) is 11.5 Å². The number of ether oxygens (including phenoxy) is 2. The number of benzene rings is 2. The van der Waals surface area contributed by atoms with Gasteiger partial charge in [-0.15, -0.1) is 11.8 Å². The monoisotopic (exact) mass is 414 g/mol. The Morgan fingerprint density at radius 3 is 2.66 bits per heavy atom. The molecule has 0 radical (unpaired) electrons. The van der Waals surface area contributed by atoms with Crippen molar-refractivity contribution in [1.82, 2.24) is 5.32 Å². The maximum absolute atomic E-state index is 12.4. The van der Waals surface area contributed by atoms with Crippen molar-refractivity contribution in [3.05, 3.63) is 48.0 Å². The van der Waals surface area contributed by atoms with Crippen molar-refractivity contribution in [2.45, 2.75) is 25.2 Å². The molecule has 0 spiro atoms. The second-order valence-corrected chi connectivity index (χ2v) is 7.50. The van der Waals surface area contributed by atoms with Gasteiger partial charge in [0.2, 0.25) is 11.8 Å².